The minimum Gasteiger partial charge on any atom is -0.396 e. The van der Waals surface area contributed by atoms with E-state index in [4.69, 9.17) is 23.2 Å². The van der Waals surface area contributed by atoms with E-state index in [-0.39, 0.29) is 24.5 Å². The highest BCUT2D eigenvalue weighted by Gasteiger charge is 2.28. The Morgan fingerprint density at radius 1 is 1.39 bits per heavy atom. The summed E-state index contributed by atoms with van der Waals surface area (Å²) in [6.45, 7) is 0.105. The van der Waals surface area contributed by atoms with Crippen molar-refractivity contribution in [2.45, 2.75) is 25.3 Å². The molecule has 2 atom stereocenters. The number of halogens is 2. The zero-order chi connectivity index (χ0) is 13.1. The lowest BCUT2D eigenvalue weighted by Crippen LogP contribution is -2.38. The summed E-state index contributed by atoms with van der Waals surface area (Å²) in [4.78, 5) is 12.1. The van der Waals surface area contributed by atoms with E-state index in [1.807, 2.05) is 0 Å². The molecular weight excluding hydrogens is 273 g/mol. The third-order valence-corrected chi connectivity index (χ3v) is 3.95. The fourth-order valence-electron chi connectivity index (χ4n) is 2.36. The van der Waals surface area contributed by atoms with Crippen LogP contribution in [0, 0.1) is 5.92 Å². The summed E-state index contributed by atoms with van der Waals surface area (Å²) in [7, 11) is 0. The largest absolute Gasteiger partial charge is 0.396 e. The van der Waals surface area contributed by atoms with Gasteiger partial charge in [0.15, 0.2) is 0 Å². The van der Waals surface area contributed by atoms with E-state index >= 15 is 0 Å². The van der Waals surface area contributed by atoms with Gasteiger partial charge in [-0.05, 0) is 31.0 Å². The lowest BCUT2D eigenvalue weighted by atomic mass is 10.0. The van der Waals surface area contributed by atoms with Crippen LogP contribution in [0.2, 0.25) is 10.0 Å². The molecule has 0 aliphatic heterocycles. The average molecular weight is 288 g/mol. The summed E-state index contributed by atoms with van der Waals surface area (Å²) >= 11 is 11.8. The molecule has 1 aromatic carbocycles. The molecule has 2 N–H and O–H groups in total. The SMILES string of the molecule is O=C(NC1CCCC1CO)c1cc(Cl)ccc1Cl. The van der Waals surface area contributed by atoms with Crippen molar-refractivity contribution in [3.05, 3.63) is 33.8 Å². The molecular formula is C13H15Cl2NO2. The molecule has 5 heteroatoms. The molecule has 1 aromatic rings. The van der Waals surface area contributed by atoms with Gasteiger partial charge in [0.25, 0.3) is 5.91 Å². The Labute approximate surface area is 116 Å². The van der Waals surface area contributed by atoms with Crippen LogP contribution in [0.1, 0.15) is 29.6 Å². The second kappa shape index (κ2) is 5.91. The number of hydrogen-bond donors (Lipinski definition) is 2. The second-order valence-corrected chi connectivity index (χ2v) is 5.42. The van der Waals surface area contributed by atoms with Crippen LogP contribution >= 0.6 is 23.2 Å². The van der Waals surface area contributed by atoms with Gasteiger partial charge in [-0.2, -0.15) is 0 Å². The average Bonchev–Trinajstić information content (AvgIpc) is 2.79. The van der Waals surface area contributed by atoms with Gasteiger partial charge in [0.1, 0.15) is 0 Å². The maximum absolute atomic E-state index is 12.1. The van der Waals surface area contributed by atoms with Gasteiger partial charge in [0.2, 0.25) is 0 Å². The summed E-state index contributed by atoms with van der Waals surface area (Å²) in [5, 5.41) is 13.0. The molecule has 18 heavy (non-hydrogen) atoms. The summed E-state index contributed by atoms with van der Waals surface area (Å²) in [5.74, 6) is -0.0836. The molecule has 0 aromatic heterocycles. The van der Waals surface area contributed by atoms with E-state index < -0.39 is 0 Å². The lowest BCUT2D eigenvalue weighted by Gasteiger charge is -2.19. The Balaban J connectivity index is 2.09. The summed E-state index contributed by atoms with van der Waals surface area (Å²) in [6, 6.07) is 4.84. The minimum absolute atomic E-state index is 0.0255. The van der Waals surface area contributed by atoms with Gasteiger partial charge < -0.3 is 10.4 Å². The van der Waals surface area contributed by atoms with Crippen molar-refractivity contribution < 1.29 is 9.90 Å². The van der Waals surface area contributed by atoms with Gasteiger partial charge in [-0.1, -0.05) is 29.6 Å². The van der Waals surface area contributed by atoms with Crippen molar-refractivity contribution in [2.75, 3.05) is 6.61 Å². The smallest absolute Gasteiger partial charge is 0.253 e. The van der Waals surface area contributed by atoms with Crippen LogP contribution in [0.15, 0.2) is 18.2 Å². The van der Waals surface area contributed by atoms with Gasteiger partial charge in [0, 0.05) is 23.6 Å². The number of aliphatic hydroxyl groups excluding tert-OH is 1. The molecule has 0 bridgehead atoms. The van der Waals surface area contributed by atoms with Gasteiger partial charge in [-0.25, -0.2) is 0 Å². The van der Waals surface area contributed by atoms with Crippen LogP contribution in [0.4, 0.5) is 0 Å². The highest BCUT2D eigenvalue weighted by atomic mass is 35.5. The predicted molar refractivity (Wildman–Crippen MR) is 72.1 cm³/mol. The first kappa shape index (κ1) is 13.7. The number of carbonyl (C=O) groups excluding carboxylic acids is 1. The molecule has 0 spiro atoms. The van der Waals surface area contributed by atoms with Crippen molar-refractivity contribution in [3.8, 4) is 0 Å². The Morgan fingerprint density at radius 2 is 2.17 bits per heavy atom. The van der Waals surface area contributed by atoms with Gasteiger partial charge in [-0.15, -0.1) is 0 Å². The van der Waals surface area contributed by atoms with Crippen molar-refractivity contribution in [2.24, 2.45) is 5.92 Å². The number of hydrogen-bond acceptors (Lipinski definition) is 2. The molecule has 2 unspecified atom stereocenters. The first-order valence-electron chi connectivity index (χ1n) is 5.98. The number of aliphatic hydroxyl groups is 1. The standard InChI is InChI=1S/C13H15Cl2NO2/c14-9-4-5-11(15)10(6-9)13(18)16-12-3-1-2-8(12)7-17/h4-6,8,12,17H,1-3,7H2,(H,16,18). The number of rotatable bonds is 3. The highest BCUT2D eigenvalue weighted by molar-refractivity contribution is 6.35. The third kappa shape index (κ3) is 2.97. The van der Waals surface area contributed by atoms with Crippen LogP contribution in [0.3, 0.4) is 0 Å². The number of carbonyl (C=O) groups is 1. The minimum atomic E-state index is -0.229. The third-order valence-electron chi connectivity index (χ3n) is 3.38. The van der Waals surface area contributed by atoms with Crippen molar-refractivity contribution in [1.82, 2.24) is 5.32 Å². The summed E-state index contributed by atoms with van der Waals surface area (Å²) in [5.41, 5.74) is 0.382. The Morgan fingerprint density at radius 3 is 2.89 bits per heavy atom. The summed E-state index contributed by atoms with van der Waals surface area (Å²) < 4.78 is 0. The van der Waals surface area contributed by atoms with E-state index in [1.165, 1.54) is 0 Å². The predicted octanol–water partition coefficient (Wildman–Crippen LogP) is 2.88. The maximum atomic E-state index is 12.1. The van der Waals surface area contributed by atoms with Crippen LogP contribution in [-0.2, 0) is 0 Å². The van der Waals surface area contributed by atoms with Crippen LogP contribution in [-0.4, -0.2) is 23.7 Å². The molecule has 1 amide bonds. The molecule has 98 valence electrons. The first-order chi connectivity index (χ1) is 8.61. The number of amides is 1. The topological polar surface area (TPSA) is 49.3 Å². The molecule has 2 rings (SSSR count). The monoisotopic (exact) mass is 287 g/mol. The Kier molecular flexibility index (Phi) is 4.49. The zero-order valence-electron chi connectivity index (χ0n) is 9.83. The fourth-order valence-corrected chi connectivity index (χ4v) is 2.74. The normalized spacial score (nSPS) is 23.1. The van der Waals surface area contributed by atoms with Crippen molar-refractivity contribution in [3.63, 3.8) is 0 Å². The Hall–Kier alpha value is -0.770. The van der Waals surface area contributed by atoms with Gasteiger partial charge in [0.05, 0.1) is 10.6 Å². The lowest BCUT2D eigenvalue weighted by molar-refractivity contribution is 0.0916. The molecule has 1 fully saturated rings. The number of nitrogens with one attached hydrogen (secondary N) is 1. The van der Waals surface area contributed by atoms with E-state index in [0.29, 0.717) is 15.6 Å². The first-order valence-corrected chi connectivity index (χ1v) is 6.74. The zero-order valence-corrected chi connectivity index (χ0v) is 11.3. The van der Waals surface area contributed by atoms with Crippen molar-refractivity contribution in [1.29, 1.82) is 0 Å². The molecule has 1 aliphatic carbocycles. The maximum Gasteiger partial charge on any atom is 0.253 e. The molecule has 3 nitrogen and oxygen atoms in total. The highest BCUT2D eigenvalue weighted by Crippen LogP contribution is 2.26. The van der Waals surface area contributed by atoms with E-state index in [0.717, 1.165) is 19.3 Å². The summed E-state index contributed by atoms with van der Waals surface area (Å²) in [6.07, 6.45) is 2.87. The van der Waals surface area contributed by atoms with Crippen molar-refractivity contribution >= 4 is 29.1 Å². The molecule has 0 saturated heterocycles. The van der Waals surface area contributed by atoms with E-state index in [9.17, 15) is 9.90 Å². The quantitative estimate of drug-likeness (QED) is 0.898. The van der Waals surface area contributed by atoms with Gasteiger partial charge >= 0.3 is 0 Å². The van der Waals surface area contributed by atoms with Crippen LogP contribution in [0.5, 0.6) is 0 Å². The second-order valence-electron chi connectivity index (χ2n) is 4.58. The number of benzene rings is 1. The van der Waals surface area contributed by atoms with Crippen LogP contribution in [0.25, 0.3) is 0 Å². The molecule has 0 radical (unpaired) electrons. The molecule has 1 saturated carbocycles. The van der Waals surface area contributed by atoms with E-state index in [2.05, 4.69) is 5.32 Å². The van der Waals surface area contributed by atoms with Gasteiger partial charge in [-0.3, -0.25) is 4.79 Å². The fraction of sp³-hybridized carbons (Fsp3) is 0.462. The Bertz CT molecular complexity index is 451. The molecule has 0 heterocycles. The molecule has 1 aliphatic rings. The van der Waals surface area contributed by atoms with Crippen LogP contribution < -0.4 is 5.32 Å². The van der Waals surface area contributed by atoms with E-state index in [1.54, 1.807) is 18.2 Å².